The second-order valence-corrected chi connectivity index (χ2v) is 5.36. The Morgan fingerprint density at radius 2 is 2.12 bits per heavy atom. The Labute approximate surface area is 94.2 Å². The first kappa shape index (κ1) is 9.51. The molecule has 0 spiro atoms. The first-order valence-corrected chi connectivity index (χ1v) is 5.47. The van der Waals surface area contributed by atoms with Crippen molar-refractivity contribution in [2.75, 3.05) is 0 Å². The molecule has 0 atom stereocenters. The van der Waals surface area contributed by atoms with E-state index < -0.39 is 0 Å². The first-order chi connectivity index (χ1) is 7.46. The number of carbonyl (C=O) groups excluding carboxylic acids is 1. The summed E-state index contributed by atoms with van der Waals surface area (Å²) >= 11 is 0. The number of fused-ring (bicyclic) bond motifs is 3. The Morgan fingerprint density at radius 3 is 2.81 bits per heavy atom. The Kier molecular flexibility index (Phi) is 1.60. The molecule has 1 aliphatic carbocycles. The summed E-state index contributed by atoms with van der Waals surface area (Å²) in [6.07, 6.45) is 2.03. The van der Waals surface area contributed by atoms with Crippen LogP contribution < -0.4 is 5.32 Å². The van der Waals surface area contributed by atoms with Gasteiger partial charge in [-0.25, -0.2) is 0 Å². The quantitative estimate of drug-likeness (QED) is 0.662. The molecule has 4 nitrogen and oxygen atoms in total. The number of nitrogens with one attached hydrogen (secondary N) is 1. The average Bonchev–Trinajstić information content (AvgIpc) is 2.64. The normalized spacial score (nSPS) is 13.9. The number of amides is 1. The molecule has 0 bridgehead atoms. The van der Waals surface area contributed by atoms with E-state index in [1.807, 2.05) is 39.1 Å². The van der Waals surface area contributed by atoms with Crippen molar-refractivity contribution >= 4 is 5.91 Å². The fraction of sp³-hybridized carbons (Fsp3) is 0.417. The minimum atomic E-state index is -0.191. The van der Waals surface area contributed by atoms with Crippen molar-refractivity contribution in [2.45, 2.75) is 33.0 Å². The van der Waals surface area contributed by atoms with E-state index in [1.54, 1.807) is 0 Å². The van der Waals surface area contributed by atoms with Crippen LogP contribution in [0.2, 0.25) is 0 Å². The number of rotatable bonds is 1. The highest BCUT2D eigenvalue weighted by Crippen LogP contribution is 2.34. The van der Waals surface area contributed by atoms with Gasteiger partial charge in [-0.05, 0) is 32.9 Å². The molecular formula is C12H15N3O. The molecule has 0 saturated heterocycles. The highest BCUT2D eigenvalue weighted by atomic mass is 16.1. The minimum Gasteiger partial charge on any atom is -0.347 e. The van der Waals surface area contributed by atoms with E-state index in [0.717, 1.165) is 23.5 Å². The van der Waals surface area contributed by atoms with Crippen LogP contribution in [-0.2, 0) is 6.67 Å². The van der Waals surface area contributed by atoms with Crippen LogP contribution in [0.3, 0.4) is 0 Å². The molecule has 0 fully saturated rings. The van der Waals surface area contributed by atoms with Crippen molar-refractivity contribution in [3.63, 3.8) is 0 Å². The summed E-state index contributed by atoms with van der Waals surface area (Å²) in [5.74, 6) is 0.00806. The predicted octanol–water partition coefficient (Wildman–Crippen LogP) is 1.74. The smallest absolute Gasteiger partial charge is 0.252 e. The van der Waals surface area contributed by atoms with E-state index in [-0.39, 0.29) is 11.4 Å². The molecule has 16 heavy (non-hydrogen) atoms. The highest BCUT2D eigenvalue weighted by Gasteiger charge is 2.28. The third-order valence-electron chi connectivity index (χ3n) is 2.77. The molecular weight excluding hydrogens is 202 g/mol. The lowest BCUT2D eigenvalue weighted by Gasteiger charge is -2.20. The summed E-state index contributed by atoms with van der Waals surface area (Å²) < 4.78 is 4.24. The van der Waals surface area contributed by atoms with Crippen LogP contribution in [0.5, 0.6) is 0 Å². The van der Waals surface area contributed by atoms with Gasteiger partial charge < -0.3 is 5.32 Å². The number of hydrogen-bond acceptors (Lipinski definition) is 1. The summed E-state index contributed by atoms with van der Waals surface area (Å²) in [5.41, 5.74) is 2.78. The molecule has 0 radical (unpaired) electrons. The topological polar surface area (TPSA) is 39.0 Å². The van der Waals surface area contributed by atoms with Crippen molar-refractivity contribution in [3.8, 4) is 11.3 Å². The van der Waals surface area contributed by atoms with Gasteiger partial charge in [-0.15, -0.1) is 0 Å². The maximum Gasteiger partial charge on any atom is 0.252 e. The molecule has 0 aromatic rings. The molecule has 3 aliphatic rings. The molecule has 1 amide bonds. The van der Waals surface area contributed by atoms with Gasteiger partial charge in [0.05, 0.1) is 11.3 Å². The Hall–Kier alpha value is -1.71. The van der Waals surface area contributed by atoms with Crippen LogP contribution in [-0.4, -0.2) is 20.8 Å². The van der Waals surface area contributed by atoms with Gasteiger partial charge in [0, 0.05) is 17.3 Å². The van der Waals surface area contributed by atoms with Gasteiger partial charge in [0.2, 0.25) is 0 Å². The van der Waals surface area contributed by atoms with Gasteiger partial charge in [0.1, 0.15) is 6.67 Å². The Balaban J connectivity index is 1.93. The summed E-state index contributed by atoms with van der Waals surface area (Å²) in [6.45, 7) is 6.92. The second kappa shape index (κ2) is 2.70. The lowest BCUT2D eigenvalue weighted by atomic mass is 10.1. The SMILES string of the molecule is CC(C)(C)NC(=O)c1ccc2n3n(cc1-2)C3. The maximum absolute atomic E-state index is 12.0. The summed E-state index contributed by atoms with van der Waals surface area (Å²) in [7, 11) is 0. The van der Waals surface area contributed by atoms with Gasteiger partial charge in [-0.2, -0.15) is 0 Å². The predicted molar refractivity (Wildman–Crippen MR) is 61.7 cm³/mol. The van der Waals surface area contributed by atoms with Crippen LogP contribution in [0.1, 0.15) is 31.1 Å². The largest absolute Gasteiger partial charge is 0.347 e. The third-order valence-corrected chi connectivity index (χ3v) is 2.77. The number of hydrogen-bond donors (Lipinski definition) is 1. The van der Waals surface area contributed by atoms with Gasteiger partial charge >= 0.3 is 0 Å². The number of aromatic nitrogens is 2. The van der Waals surface area contributed by atoms with Crippen LogP contribution in [0.25, 0.3) is 11.3 Å². The summed E-state index contributed by atoms with van der Waals surface area (Å²) in [4.78, 5) is 12.0. The minimum absolute atomic E-state index is 0.00806. The van der Waals surface area contributed by atoms with E-state index in [4.69, 9.17) is 0 Å². The Morgan fingerprint density at radius 1 is 1.38 bits per heavy atom. The van der Waals surface area contributed by atoms with Crippen LogP contribution in [0.15, 0.2) is 18.3 Å². The van der Waals surface area contributed by atoms with Gasteiger partial charge in [-0.1, -0.05) is 0 Å². The molecule has 4 heteroatoms. The van der Waals surface area contributed by atoms with Crippen molar-refractivity contribution in [2.24, 2.45) is 0 Å². The average molecular weight is 217 g/mol. The monoisotopic (exact) mass is 217 g/mol. The molecule has 0 aromatic heterocycles. The molecule has 1 N–H and O–H groups in total. The Bertz CT molecular complexity index is 542. The molecule has 0 unspecified atom stereocenters. The third kappa shape index (κ3) is 1.33. The number of carbonyl (C=O) groups is 1. The fourth-order valence-electron chi connectivity index (χ4n) is 2.03. The van der Waals surface area contributed by atoms with Gasteiger partial charge in [-0.3, -0.25) is 14.2 Å². The number of nitrogens with zero attached hydrogens (tertiary/aromatic N) is 2. The standard InChI is InChI=1S/C12H15N3O/c1-12(2,3)13-11(16)8-4-5-10-9(8)6-14-7-15(10)14/h4-6H,7H2,1-3H3,(H,13,16). The van der Waals surface area contributed by atoms with Crippen molar-refractivity contribution in [1.29, 1.82) is 0 Å². The lowest BCUT2D eigenvalue weighted by molar-refractivity contribution is 0.0920. The molecule has 2 aliphatic heterocycles. The van der Waals surface area contributed by atoms with Crippen molar-refractivity contribution < 1.29 is 4.79 Å². The van der Waals surface area contributed by atoms with Gasteiger partial charge in [0.25, 0.3) is 5.91 Å². The first-order valence-electron chi connectivity index (χ1n) is 5.47. The molecule has 84 valence electrons. The molecule has 2 heterocycles. The summed E-state index contributed by atoms with van der Waals surface area (Å²) in [5, 5.41) is 2.98. The van der Waals surface area contributed by atoms with Crippen LogP contribution in [0.4, 0.5) is 0 Å². The fourth-order valence-corrected chi connectivity index (χ4v) is 2.03. The maximum atomic E-state index is 12.0. The van der Waals surface area contributed by atoms with Gasteiger partial charge in [0.15, 0.2) is 0 Å². The lowest BCUT2D eigenvalue weighted by Crippen LogP contribution is -2.40. The molecule has 0 aromatic carbocycles. The van der Waals surface area contributed by atoms with E-state index in [9.17, 15) is 4.79 Å². The highest BCUT2D eigenvalue weighted by molar-refractivity contribution is 6.02. The molecule has 3 rings (SSSR count). The zero-order chi connectivity index (χ0) is 11.5. The van der Waals surface area contributed by atoms with Crippen LogP contribution in [0, 0.1) is 0 Å². The zero-order valence-electron chi connectivity index (χ0n) is 9.74. The van der Waals surface area contributed by atoms with E-state index >= 15 is 0 Å². The zero-order valence-corrected chi connectivity index (χ0v) is 9.74. The van der Waals surface area contributed by atoms with Crippen molar-refractivity contribution in [1.82, 2.24) is 14.7 Å². The summed E-state index contributed by atoms with van der Waals surface area (Å²) in [6, 6.07) is 3.91. The van der Waals surface area contributed by atoms with Crippen LogP contribution >= 0.6 is 0 Å². The molecule has 0 saturated carbocycles. The second-order valence-electron chi connectivity index (χ2n) is 5.36. The van der Waals surface area contributed by atoms with E-state index in [1.165, 1.54) is 0 Å². The van der Waals surface area contributed by atoms with E-state index in [0.29, 0.717) is 0 Å². The van der Waals surface area contributed by atoms with Crippen molar-refractivity contribution in [3.05, 3.63) is 23.9 Å². The van der Waals surface area contributed by atoms with E-state index in [2.05, 4.69) is 14.7 Å².